The molecule has 0 spiro atoms. The molecule has 7 heteroatoms. The molecule has 2 rings (SSSR count). The lowest BCUT2D eigenvalue weighted by atomic mass is 9.96. The van der Waals surface area contributed by atoms with Crippen molar-refractivity contribution >= 4 is 17.6 Å². The summed E-state index contributed by atoms with van der Waals surface area (Å²) >= 11 is 0. The summed E-state index contributed by atoms with van der Waals surface area (Å²) in [4.78, 5) is 36.7. The van der Waals surface area contributed by atoms with E-state index in [1.807, 2.05) is 19.9 Å². The monoisotopic (exact) mass is 333 g/mol. The largest absolute Gasteiger partial charge is 0.353 e. The van der Waals surface area contributed by atoms with Crippen LogP contribution in [-0.2, 0) is 15.0 Å². The highest BCUT2D eigenvalue weighted by molar-refractivity contribution is 6.35. The molecule has 2 heterocycles. The first-order valence-electron chi connectivity index (χ1n) is 8.36. The van der Waals surface area contributed by atoms with E-state index in [1.54, 1.807) is 11.1 Å². The normalized spacial score (nSPS) is 15.6. The van der Waals surface area contributed by atoms with Crippen LogP contribution in [0.2, 0.25) is 0 Å². The van der Waals surface area contributed by atoms with Gasteiger partial charge in [0.05, 0.1) is 0 Å². The van der Waals surface area contributed by atoms with Crippen LogP contribution in [0.1, 0.15) is 40.4 Å². The molecule has 1 aliphatic heterocycles. The van der Waals surface area contributed by atoms with Gasteiger partial charge in [-0.2, -0.15) is 0 Å². The van der Waals surface area contributed by atoms with Crippen molar-refractivity contribution in [2.24, 2.45) is 0 Å². The number of hydrogen-bond donors (Lipinski definition) is 1. The fourth-order valence-corrected chi connectivity index (χ4v) is 2.49. The van der Waals surface area contributed by atoms with Crippen LogP contribution in [0.3, 0.4) is 0 Å². The van der Waals surface area contributed by atoms with Gasteiger partial charge in [-0.25, -0.2) is 9.97 Å². The van der Waals surface area contributed by atoms with E-state index < -0.39 is 11.8 Å². The van der Waals surface area contributed by atoms with Crippen LogP contribution in [0.25, 0.3) is 0 Å². The third kappa shape index (κ3) is 4.43. The Morgan fingerprint density at radius 2 is 1.79 bits per heavy atom. The SMILES string of the molecule is CC(C)NC(=O)C(=O)N1CCN(c2ccnc(C(C)(C)C)n2)CC1. The van der Waals surface area contributed by atoms with E-state index in [2.05, 4.69) is 41.0 Å². The molecule has 0 bridgehead atoms. The van der Waals surface area contributed by atoms with Gasteiger partial charge in [-0.3, -0.25) is 9.59 Å². The molecule has 0 aliphatic carbocycles. The Labute approximate surface area is 143 Å². The summed E-state index contributed by atoms with van der Waals surface area (Å²) in [6.45, 7) is 12.2. The minimum Gasteiger partial charge on any atom is -0.353 e. The number of aromatic nitrogens is 2. The predicted octanol–water partition coefficient (Wildman–Crippen LogP) is 0.947. The molecular formula is C17H27N5O2. The lowest BCUT2D eigenvalue weighted by Gasteiger charge is -2.35. The Hall–Kier alpha value is -2.18. The van der Waals surface area contributed by atoms with Gasteiger partial charge in [0, 0.05) is 43.8 Å². The highest BCUT2D eigenvalue weighted by Gasteiger charge is 2.27. The highest BCUT2D eigenvalue weighted by atomic mass is 16.2. The molecule has 2 amide bonds. The molecule has 1 saturated heterocycles. The Kier molecular flexibility index (Phi) is 5.41. The second-order valence-corrected chi connectivity index (χ2v) is 7.40. The molecule has 0 unspecified atom stereocenters. The van der Waals surface area contributed by atoms with Crippen LogP contribution in [-0.4, -0.2) is 58.9 Å². The van der Waals surface area contributed by atoms with Gasteiger partial charge in [-0.05, 0) is 19.9 Å². The first kappa shape index (κ1) is 18.2. The highest BCUT2D eigenvalue weighted by Crippen LogP contribution is 2.21. The summed E-state index contributed by atoms with van der Waals surface area (Å²) in [5.41, 5.74) is -0.108. The van der Waals surface area contributed by atoms with Gasteiger partial charge in [0.25, 0.3) is 0 Å². The molecule has 1 aromatic rings. The minimum atomic E-state index is -0.532. The van der Waals surface area contributed by atoms with Crippen LogP contribution in [0.15, 0.2) is 12.3 Å². The van der Waals surface area contributed by atoms with Crippen LogP contribution in [0, 0.1) is 0 Å². The van der Waals surface area contributed by atoms with Crippen molar-refractivity contribution < 1.29 is 9.59 Å². The van der Waals surface area contributed by atoms with Crippen LogP contribution < -0.4 is 10.2 Å². The maximum atomic E-state index is 12.1. The average Bonchev–Trinajstić information content (AvgIpc) is 2.53. The van der Waals surface area contributed by atoms with Crippen molar-refractivity contribution in [2.45, 2.75) is 46.1 Å². The zero-order chi connectivity index (χ0) is 17.9. The number of rotatable bonds is 2. The average molecular weight is 333 g/mol. The molecule has 132 valence electrons. The molecular weight excluding hydrogens is 306 g/mol. The van der Waals surface area contributed by atoms with E-state index in [9.17, 15) is 9.59 Å². The quantitative estimate of drug-likeness (QED) is 0.815. The Bertz CT molecular complexity index is 601. The summed E-state index contributed by atoms with van der Waals surface area (Å²) in [6, 6.07) is 1.85. The van der Waals surface area contributed by atoms with Gasteiger partial charge in [0.1, 0.15) is 11.6 Å². The molecule has 1 aromatic heterocycles. The molecule has 0 aromatic carbocycles. The molecule has 1 N–H and O–H groups in total. The second kappa shape index (κ2) is 7.15. The van der Waals surface area contributed by atoms with Crippen molar-refractivity contribution in [3.63, 3.8) is 0 Å². The minimum absolute atomic E-state index is 0.0421. The Balaban J connectivity index is 1.98. The number of nitrogens with zero attached hydrogens (tertiary/aromatic N) is 4. The number of anilines is 1. The van der Waals surface area contributed by atoms with E-state index in [-0.39, 0.29) is 11.5 Å². The van der Waals surface area contributed by atoms with Crippen molar-refractivity contribution in [2.75, 3.05) is 31.1 Å². The summed E-state index contributed by atoms with van der Waals surface area (Å²) in [7, 11) is 0. The van der Waals surface area contributed by atoms with Crippen molar-refractivity contribution in [3.05, 3.63) is 18.1 Å². The molecule has 1 aliphatic rings. The first-order chi connectivity index (χ1) is 11.2. The summed E-state index contributed by atoms with van der Waals surface area (Å²) < 4.78 is 0. The Morgan fingerprint density at radius 3 is 2.33 bits per heavy atom. The van der Waals surface area contributed by atoms with Gasteiger partial charge < -0.3 is 15.1 Å². The standard InChI is InChI=1S/C17H27N5O2/c1-12(2)19-14(23)15(24)22-10-8-21(9-11-22)13-6-7-18-16(20-13)17(3,4)5/h6-7,12H,8-11H2,1-5H3,(H,19,23). The first-order valence-corrected chi connectivity index (χ1v) is 8.36. The lowest BCUT2D eigenvalue weighted by molar-refractivity contribution is -0.146. The molecule has 0 saturated carbocycles. The van der Waals surface area contributed by atoms with E-state index in [0.29, 0.717) is 26.2 Å². The Morgan fingerprint density at radius 1 is 1.17 bits per heavy atom. The number of amides is 2. The number of carbonyl (C=O) groups is 2. The van der Waals surface area contributed by atoms with Gasteiger partial charge in [-0.1, -0.05) is 20.8 Å². The smallest absolute Gasteiger partial charge is 0.312 e. The number of carbonyl (C=O) groups excluding carboxylic acids is 2. The lowest BCUT2D eigenvalue weighted by Crippen LogP contribution is -2.53. The van der Waals surface area contributed by atoms with Crippen LogP contribution in [0.5, 0.6) is 0 Å². The third-order valence-electron chi connectivity index (χ3n) is 3.82. The van der Waals surface area contributed by atoms with Gasteiger partial charge in [-0.15, -0.1) is 0 Å². The van der Waals surface area contributed by atoms with Gasteiger partial charge in [0.2, 0.25) is 0 Å². The van der Waals surface area contributed by atoms with Gasteiger partial charge >= 0.3 is 11.8 Å². The second-order valence-electron chi connectivity index (χ2n) is 7.40. The van der Waals surface area contributed by atoms with E-state index in [4.69, 9.17) is 0 Å². The number of nitrogens with one attached hydrogen (secondary N) is 1. The summed E-state index contributed by atoms with van der Waals surface area (Å²) in [6.07, 6.45) is 1.77. The van der Waals surface area contributed by atoms with Gasteiger partial charge in [0.15, 0.2) is 0 Å². The maximum Gasteiger partial charge on any atom is 0.312 e. The number of piperazine rings is 1. The van der Waals surface area contributed by atoms with E-state index >= 15 is 0 Å². The van der Waals surface area contributed by atoms with Crippen molar-refractivity contribution in [3.8, 4) is 0 Å². The predicted molar refractivity (Wildman–Crippen MR) is 92.8 cm³/mol. The van der Waals surface area contributed by atoms with Crippen LogP contribution >= 0.6 is 0 Å². The van der Waals surface area contributed by atoms with Crippen LogP contribution in [0.4, 0.5) is 5.82 Å². The fraction of sp³-hybridized carbons (Fsp3) is 0.647. The maximum absolute atomic E-state index is 12.1. The zero-order valence-corrected chi connectivity index (χ0v) is 15.2. The topological polar surface area (TPSA) is 78.4 Å². The molecule has 1 fully saturated rings. The van der Waals surface area contributed by atoms with Crippen molar-refractivity contribution in [1.82, 2.24) is 20.2 Å². The number of hydrogen-bond acceptors (Lipinski definition) is 5. The van der Waals surface area contributed by atoms with Crippen molar-refractivity contribution in [1.29, 1.82) is 0 Å². The molecule has 0 atom stereocenters. The summed E-state index contributed by atoms with van der Waals surface area (Å²) in [5, 5.41) is 2.64. The third-order valence-corrected chi connectivity index (χ3v) is 3.82. The summed E-state index contributed by atoms with van der Waals surface area (Å²) in [5.74, 6) is 0.681. The molecule has 7 nitrogen and oxygen atoms in total. The molecule has 0 radical (unpaired) electrons. The zero-order valence-electron chi connectivity index (χ0n) is 15.2. The van der Waals surface area contributed by atoms with E-state index in [0.717, 1.165) is 11.6 Å². The fourth-order valence-electron chi connectivity index (χ4n) is 2.49. The molecule has 24 heavy (non-hydrogen) atoms. The van der Waals surface area contributed by atoms with E-state index in [1.165, 1.54) is 0 Å².